The molecule has 0 radical (unpaired) electrons. The van der Waals surface area contributed by atoms with Crippen molar-refractivity contribution in [2.75, 3.05) is 20.1 Å². The molecule has 0 aromatic rings. The molecule has 1 fully saturated rings. The van der Waals surface area contributed by atoms with Crippen LogP contribution in [0, 0.1) is 5.92 Å². The molecular formula is C7H14ClN. The number of halogens is 1. The van der Waals surface area contributed by atoms with E-state index in [1.165, 1.54) is 13.0 Å². The molecule has 9 heavy (non-hydrogen) atoms. The molecule has 2 heteroatoms. The lowest BCUT2D eigenvalue weighted by Crippen LogP contribution is -2.37. The number of hydrogen-bond donors (Lipinski definition) is 0. The highest BCUT2D eigenvalue weighted by Crippen LogP contribution is 2.20. The quantitative estimate of drug-likeness (QED) is 0.470. The second-order valence-electron chi connectivity index (χ2n) is 3.04. The zero-order valence-electron chi connectivity index (χ0n) is 6.10. The van der Waals surface area contributed by atoms with Gasteiger partial charge in [0.2, 0.25) is 0 Å². The maximum atomic E-state index is 6.02. The van der Waals surface area contributed by atoms with Gasteiger partial charge in [0.1, 0.15) is 0 Å². The molecule has 0 N–H and O–H groups in total. The van der Waals surface area contributed by atoms with Crippen LogP contribution in [0.15, 0.2) is 0 Å². The zero-order valence-corrected chi connectivity index (χ0v) is 6.86. The number of alkyl halides is 1. The summed E-state index contributed by atoms with van der Waals surface area (Å²) in [5.41, 5.74) is 0. The Kier molecular flexibility index (Phi) is 2.36. The van der Waals surface area contributed by atoms with Gasteiger partial charge in [-0.3, -0.25) is 0 Å². The van der Waals surface area contributed by atoms with E-state index >= 15 is 0 Å². The Balaban J connectivity index is 2.35. The minimum atomic E-state index is 0.378. The minimum Gasteiger partial charge on any atom is -0.305 e. The van der Waals surface area contributed by atoms with Crippen molar-refractivity contribution < 1.29 is 0 Å². The molecule has 1 heterocycles. The summed E-state index contributed by atoms with van der Waals surface area (Å²) in [7, 11) is 2.13. The summed E-state index contributed by atoms with van der Waals surface area (Å²) in [5.74, 6) is 0.711. The molecule has 1 rings (SSSR count). The van der Waals surface area contributed by atoms with E-state index in [0.29, 0.717) is 11.3 Å². The maximum Gasteiger partial charge on any atom is 0.0489 e. The molecule has 1 nitrogen and oxygen atoms in total. The Hall–Kier alpha value is 0.250. The molecule has 0 amide bonds. The Morgan fingerprint density at radius 3 is 2.67 bits per heavy atom. The van der Waals surface area contributed by atoms with Gasteiger partial charge in [0.05, 0.1) is 0 Å². The molecule has 0 bridgehead atoms. The third kappa shape index (κ3) is 1.84. The summed E-state index contributed by atoms with van der Waals surface area (Å²) in [6, 6.07) is 0. The first-order valence-corrected chi connectivity index (χ1v) is 3.96. The van der Waals surface area contributed by atoms with Gasteiger partial charge in [-0.25, -0.2) is 0 Å². The van der Waals surface area contributed by atoms with Crippen LogP contribution in [-0.2, 0) is 0 Å². The summed E-state index contributed by atoms with van der Waals surface area (Å²) in [5, 5.41) is 0.378. The zero-order chi connectivity index (χ0) is 6.85. The Morgan fingerprint density at radius 2 is 2.22 bits per heavy atom. The highest BCUT2D eigenvalue weighted by Gasteiger charge is 2.21. The lowest BCUT2D eigenvalue weighted by Gasteiger charge is -2.30. The molecule has 1 saturated heterocycles. The van der Waals surface area contributed by atoms with Crippen LogP contribution < -0.4 is 0 Å². The van der Waals surface area contributed by atoms with Crippen molar-refractivity contribution >= 4 is 11.6 Å². The van der Waals surface area contributed by atoms with Gasteiger partial charge in [0, 0.05) is 11.9 Å². The van der Waals surface area contributed by atoms with Gasteiger partial charge >= 0.3 is 0 Å². The van der Waals surface area contributed by atoms with Crippen molar-refractivity contribution in [3.8, 4) is 0 Å². The second-order valence-corrected chi connectivity index (χ2v) is 3.60. The van der Waals surface area contributed by atoms with Crippen LogP contribution in [0.4, 0.5) is 0 Å². The predicted molar refractivity (Wildman–Crippen MR) is 40.9 cm³/mol. The van der Waals surface area contributed by atoms with E-state index in [4.69, 9.17) is 11.6 Å². The fourth-order valence-corrected chi connectivity index (χ4v) is 1.54. The Labute approximate surface area is 62.0 Å². The van der Waals surface area contributed by atoms with Crippen LogP contribution in [0.25, 0.3) is 0 Å². The van der Waals surface area contributed by atoms with Crippen molar-refractivity contribution in [2.24, 2.45) is 5.92 Å². The van der Waals surface area contributed by atoms with Crippen LogP contribution >= 0.6 is 11.6 Å². The van der Waals surface area contributed by atoms with Crippen LogP contribution in [-0.4, -0.2) is 30.4 Å². The highest BCUT2D eigenvalue weighted by atomic mass is 35.5. The van der Waals surface area contributed by atoms with Gasteiger partial charge in [-0.1, -0.05) is 6.92 Å². The summed E-state index contributed by atoms with van der Waals surface area (Å²) < 4.78 is 0. The molecule has 0 aromatic carbocycles. The average Bonchev–Trinajstić information content (AvgIpc) is 1.80. The molecular weight excluding hydrogens is 134 g/mol. The van der Waals surface area contributed by atoms with Gasteiger partial charge in [-0.2, -0.15) is 0 Å². The molecule has 0 spiro atoms. The number of rotatable bonds is 0. The fourth-order valence-electron chi connectivity index (χ4n) is 1.17. The topological polar surface area (TPSA) is 3.24 Å². The van der Waals surface area contributed by atoms with Crippen LogP contribution in [0.3, 0.4) is 0 Å². The van der Waals surface area contributed by atoms with E-state index in [0.717, 1.165) is 6.54 Å². The number of likely N-dealkylation sites (tertiary alicyclic amines) is 1. The van der Waals surface area contributed by atoms with Gasteiger partial charge in [-0.05, 0) is 25.9 Å². The van der Waals surface area contributed by atoms with Crippen LogP contribution in [0.2, 0.25) is 0 Å². The summed E-state index contributed by atoms with van der Waals surface area (Å²) >= 11 is 6.02. The summed E-state index contributed by atoms with van der Waals surface area (Å²) in [4.78, 5) is 2.29. The SMILES string of the molecule is CC1CCN(C)CC1Cl. The number of piperidine rings is 1. The lowest BCUT2D eigenvalue weighted by molar-refractivity contribution is 0.235. The van der Waals surface area contributed by atoms with Crippen molar-refractivity contribution in [1.29, 1.82) is 0 Å². The van der Waals surface area contributed by atoms with E-state index in [2.05, 4.69) is 18.9 Å². The van der Waals surface area contributed by atoms with Crippen LogP contribution in [0.1, 0.15) is 13.3 Å². The molecule has 1 aliphatic rings. The Bertz CT molecular complexity index is 94.9. The predicted octanol–water partition coefficient (Wildman–Crippen LogP) is 1.57. The van der Waals surface area contributed by atoms with E-state index in [9.17, 15) is 0 Å². The van der Waals surface area contributed by atoms with Crippen LogP contribution in [0.5, 0.6) is 0 Å². The van der Waals surface area contributed by atoms with E-state index < -0.39 is 0 Å². The van der Waals surface area contributed by atoms with Gasteiger partial charge in [-0.15, -0.1) is 11.6 Å². The van der Waals surface area contributed by atoms with Crippen molar-refractivity contribution in [1.82, 2.24) is 4.90 Å². The smallest absolute Gasteiger partial charge is 0.0489 e. The second kappa shape index (κ2) is 2.89. The van der Waals surface area contributed by atoms with E-state index in [1.807, 2.05) is 0 Å². The third-order valence-corrected chi connectivity index (χ3v) is 2.64. The van der Waals surface area contributed by atoms with Gasteiger partial charge < -0.3 is 4.90 Å². The van der Waals surface area contributed by atoms with E-state index in [-0.39, 0.29) is 0 Å². The normalized spacial score (nSPS) is 39.0. The van der Waals surface area contributed by atoms with Gasteiger partial charge in [0.15, 0.2) is 0 Å². The van der Waals surface area contributed by atoms with Crippen molar-refractivity contribution in [3.05, 3.63) is 0 Å². The fraction of sp³-hybridized carbons (Fsp3) is 1.00. The monoisotopic (exact) mass is 147 g/mol. The molecule has 2 atom stereocenters. The minimum absolute atomic E-state index is 0.378. The standard InChI is InChI=1S/C7H14ClN/c1-6-3-4-9(2)5-7(6)8/h6-7H,3-5H2,1-2H3. The molecule has 0 aromatic heterocycles. The third-order valence-electron chi connectivity index (χ3n) is 2.07. The first-order valence-electron chi connectivity index (χ1n) is 3.53. The first kappa shape index (κ1) is 7.36. The largest absolute Gasteiger partial charge is 0.305 e. The highest BCUT2D eigenvalue weighted by molar-refractivity contribution is 6.21. The number of nitrogens with zero attached hydrogens (tertiary/aromatic N) is 1. The lowest BCUT2D eigenvalue weighted by atomic mass is 9.99. The van der Waals surface area contributed by atoms with Gasteiger partial charge in [0.25, 0.3) is 0 Å². The first-order chi connectivity index (χ1) is 4.20. The molecule has 0 saturated carbocycles. The van der Waals surface area contributed by atoms with Crippen molar-refractivity contribution in [3.63, 3.8) is 0 Å². The molecule has 54 valence electrons. The average molecular weight is 148 g/mol. The molecule has 2 unspecified atom stereocenters. The maximum absolute atomic E-state index is 6.02. The van der Waals surface area contributed by atoms with E-state index in [1.54, 1.807) is 0 Å². The number of hydrogen-bond acceptors (Lipinski definition) is 1. The molecule has 0 aliphatic carbocycles. The summed E-state index contributed by atoms with van der Waals surface area (Å²) in [6.07, 6.45) is 1.25. The summed E-state index contributed by atoms with van der Waals surface area (Å²) in [6.45, 7) is 4.50. The molecule has 1 aliphatic heterocycles. The van der Waals surface area contributed by atoms with Crippen molar-refractivity contribution in [2.45, 2.75) is 18.7 Å². The Morgan fingerprint density at radius 1 is 1.56 bits per heavy atom.